The summed E-state index contributed by atoms with van der Waals surface area (Å²) in [5.41, 5.74) is 0.0943. The van der Waals surface area contributed by atoms with Crippen LogP contribution in [0.3, 0.4) is 0 Å². The average Bonchev–Trinajstić information content (AvgIpc) is 2.50. The Balaban J connectivity index is 2.48. The van der Waals surface area contributed by atoms with Crippen LogP contribution in [0.5, 0.6) is 5.75 Å². The van der Waals surface area contributed by atoms with Crippen molar-refractivity contribution in [3.05, 3.63) is 48.0 Å². The first-order valence-corrected chi connectivity index (χ1v) is 8.15. The minimum absolute atomic E-state index is 0.0480. The van der Waals surface area contributed by atoms with Crippen molar-refractivity contribution in [2.75, 3.05) is 17.1 Å². The molecule has 0 saturated carbocycles. The largest absolute Gasteiger partial charge is 0.497 e. The molecule has 0 spiro atoms. The van der Waals surface area contributed by atoms with E-state index in [0.29, 0.717) is 17.9 Å². The number of amides is 1. The lowest BCUT2D eigenvalue weighted by molar-refractivity contribution is -0.114. The van der Waals surface area contributed by atoms with Crippen molar-refractivity contribution in [3.8, 4) is 5.75 Å². The third-order valence-electron chi connectivity index (χ3n) is 2.96. The van der Waals surface area contributed by atoms with Crippen molar-refractivity contribution >= 4 is 27.3 Å². The van der Waals surface area contributed by atoms with Gasteiger partial charge in [0.1, 0.15) is 22.3 Å². The van der Waals surface area contributed by atoms with Gasteiger partial charge in [-0.3, -0.25) is 9.52 Å². The lowest BCUT2D eigenvalue weighted by Crippen LogP contribution is -2.17. The van der Waals surface area contributed by atoms with Gasteiger partial charge in [0.2, 0.25) is 5.91 Å². The normalized spacial score (nSPS) is 11.0. The molecule has 0 radical (unpaired) electrons. The fourth-order valence-electron chi connectivity index (χ4n) is 1.92. The molecule has 2 aromatic rings. The maximum absolute atomic E-state index is 13.7. The number of ether oxygens (including phenoxy) is 1. The molecule has 0 unspecified atom stereocenters. The quantitative estimate of drug-likeness (QED) is 0.863. The minimum Gasteiger partial charge on any atom is -0.497 e. The van der Waals surface area contributed by atoms with Crippen LogP contribution in [0.2, 0.25) is 0 Å². The minimum atomic E-state index is -4.42. The van der Waals surface area contributed by atoms with Crippen LogP contribution in [-0.2, 0) is 14.8 Å². The van der Waals surface area contributed by atoms with Gasteiger partial charge in [-0.25, -0.2) is 17.2 Å². The Bertz CT molecular complexity index is 885. The van der Waals surface area contributed by atoms with Gasteiger partial charge in [0.05, 0.1) is 18.5 Å². The predicted molar refractivity (Wildman–Crippen MR) is 84.5 cm³/mol. The molecule has 9 heteroatoms. The number of sulfonamides is 1. The van der Waals surface area contributed by atoms with E-state index >= 15 is 0 Å². The molecule has 0 aliphatic carbocycles. The number of carbonyl (C=O) groups is 1. The lowest BCUT2D eigenvalue weighted by Gasteiger charge is -2.14. The van der Waals surface area contributed by atoms with Crippen molar-refractivity contribution in [1.29, 1.82) is 0 Å². The first kappa shape index (κ1) is 17.7. The Hall–Kier alpha value is -2.68. The van der Waals surface area contributed by atoms with Gasteiger partial charge in [-0.1, -0.05) is 0 Å². The molecule has 0 saturated heterocycles. The van der Waals surface area contributed by atoms with E-state index in [0.717, 1.165) is 6.07 Å². The van der Waals surface area contributed by atoms with E-state index in [1.807, 2.05) is 0 Å². The molecule has 1 amide bonds. The van der Waals surface area contributed by atoms with Gasteiger partial charge >= 0.3 is 0 Å². The van der Waals surface area contributed by atoms with Gasteiger partial charge in [-0.15, -0.1) is 0 Å². The summed E-state index contributed by atoms with van der Waals surface area (Å²) in [6.07, 6.45) is 0. The maximum atomic E-state index is 13.7. The molecule has 0 fully saturated rings. The van der Waals surface area contributed by atoms with E-state index in [2.05, 4.69) is 10.0 Å². The Morgan fingerprint density at radius 2 is 1.79 bits per heavy atom. The van der Waals surface area contributed by atoms with Crippen molar-refractivity contribution in [1.82, 2.24) is 0 Å². The third kappa shape index (κ3) is 3.99. The zero-order chi connectivity index (χ0) is 17.9. The van der Waals surface area contributed by atoms with Crippen LogP contribution < -0.4 is 14.8 Å². The number of benzene rings is 2. The van der Waals surface area contributed by atoms with Gasteiger partial charge in [-0.2, -0.15) is 0 Å². The molecule has 0 aliphatic heterocycles. The van der Waals surface area contributed by atoms with Crippen LogP contribution in [0.15, 0.2) is 41.3 Å². The molecule has 6 nitrogen and oxygen atoms in total. The first-order valence-electron chi connectivity index (χ1n) is 6.66. The molecular weight excluding hydrogens is 342 g/mol. The van der Waals surface area contributed by atoms with Crippen molar-refractivity contribution in [3.63, 3.8) is 0 Å². The number of halogens is 2. The van der Waals surface area contributed by atoms with Crippen LogP contribution >= 0.6 is 0 Å². The number of hydrogen-bond donors (Lipinski definition) is 2. The number of nitrogens with one attached hydrogen (secondary N) is 2. The van der Waals surface area contributed by atoms with E-state index in [1.165, 1.54) is 32.2 Å². The summed E-state index contributed by atoms with van der Waals surface area (Å²) in [6.45, 7) is 1.24. The van der Waals surface area contributed by atoms with Crippen LogP contribution in [0.1, 0.15) is 6.92 Å². The molecule has 2 N–H and O–H groups in total. The number of anilines is 2. The van der Waals surface area contributed by atoms with E-state index in [9.17, 15) is 22.0 Å². The fraction of sp³-hybridized carbons (Fsp3) is 0.133. The third-order valence-corrected chi connectivity index (χ3v) is 4.35. The standard InChI is InChI=1S/C15H14F2N2O4S/c1-9(20)18-13-6-4-11(23-2)8-14(13)19-24(21,22)15-7-10(16)3-5-12(15)17/h3-8,19H,1-2H3,(H,18,20). The SMILES string of the molecule is COc1ccc(NC(C)=O)c(NS(=O)(=O)c2cc(F)ccc2F)c1. The van der Waals surface area contributed by atoms with Gasteiger partial charge in [0.15, 0.2) is 0 Å². The van der Waals surface area contributed by atoms with E-state index in [-0.39, 0.29) is 11.4 Å². The lowest BCUT2D eigenvalue weighted by atomic mass is 10.2. The number of rotatable bonds is 5. The highest BCUT2D eigenvalue weighted by molar-refractivity contribution is 7.92. The van der Waals surface area contributed by atoms with Gasteiger partial charge < -0.3 is 10.1 Å². The molecule has 0 aromatic heterocycles. The monoisotopic (exact) mass is 356 g/mol. The van der Waals surface area contributed by atoms with E-state index < -0.39 is 32.5 Å². The summed E-state index contributed by atoms with van der Waals surface area (Å²) < 4.78 is 58.8. The second kappa shape index (κ2) is 6.83. The van der Waals surface area contributed by atoms with Crippen LogP contribution in [0.25, 0.3) is 0 Å². The summed E-state index contributed by atoms with van der Waals surface area (Å²) in [7, 11) is -3.05. The summed E-state index contributed by atoms with van der Waals surface area (Å²) in [5, 5.41) is 2.44. The van der Waals surface area contributed by atoms with Gasteiger partial charge in [-0.05, 0) is 30.3 Å². The number of carbonyl (C=O) groups excluding carboxylic acids is 1. The average molecular weight is 356 g/mol. The summed E-state index contributed by atoms with van der Waals surface area (Å²) in [4.78, 5) is 10.4. The van der Waals surface area contributed by atoms with Gasteiger partial charge in [0, 0.05) is 13.0 Å². The van der Waals surface area contributed by atoms with Crippen molar-refractivity contribution < 1.29 is 26.7 Å². The molecule has 2 aromatic carbocycles. The molecule has 2 rings (SSSR count). The molecular formula is C15H14F2N2O4S. The molecule has 0 aliphatic rings. The molecule has 24 heavy (non-hydrogen) atoms. The highest BCUT2D eigenvalue weighted by atomic mass is 32.2. The predicted octanol–water partition coefficient (Wildman–Crippen LogP) is 2.73. The molecule has 128 valence electrons. The zero-order valence-electron chi connectivity index (χ0n) is 12.8. The smallest absolute Gasteiger partial charge is 0.264 e. The number of methoxy groups -OCH3 is 1. The second-order valence-electron chi connectivity index (χ2n) is 4.77. The highest BCUT2D eigenvalue weighted by Crippen LogP contribution is 2.30. The first-order chi connectivity index (χ1) is 11.2. The Kier molecular flexibility index (Phi) is 5.03. The summed E-state index contributed by atoms with van der Waals surface area (Å²) in [6, 6.07) is 6.31. The Labute approximate surface area is 137 Å². The Morgan fingerprint density at radius 3 is 2.42 bits per heavy atom. The molecule has 0 heterocycles. The number of hydrogen-bond acceptors (Lipinski definition) is 4. The van der Waals surface area contributed by atoms with Crippen molar-refractivity contribution in [2.45, 2.75) is 11.8 Å². The molecule has 0 atom stereocenters. The topological polar surface area (TPSA) is 84.5 Å². The highest BCUT2D eigenvalue weighted by Gasteiger charge is 2.22. The summed E-state index contributed by atoms with van der Waals surface area (Å²) in [5.74, 6) is -2.13. The van der Waals surface area contributed by atoms with Crippen molar-refractivity contribution in [2.24, 2.45) is 0 Å². The second-order valence-corrected chi connectivity index (χ2v) is 6.42. The molecule has 0 bridgehead atoms. The Morgan fingerprint density at radius 1 is 1.08 bits per heavy atom. The van der Waals surface area contributed by atoms with Gasteiger partial charge in [0.25, 0.3) is 10.0 Å². The maximum Gasteiger partial charge on any atom is 0.264 e. The van der Waals surface area contributed by atoms with E-state index in [4.69, 9.17) is 4.74 Å². The van der Waals surface area contributed by atoms with E-state index in [1.54, 1.807) is 0 Å². The van der Waals surface area contributed by atoms with Crippen LogP contribution in [-0.4, -0.2) is 21.4 Å². The van der Waals surface area contributed by atoms with Crippen LogP contribution in [0, 0.1) is 11.6 Å². The fourth-order valence-corrected chi connectivity index (χ4v) is 3.08. The summed E-state index contributed by atoms with van der Waals surface area (Å²) >= 11 is 0. The zero-order valence-corrected chi connectivity index (χ0v) is 13.6. The van der Waals surface area contributed by atoms with Crippen LogP contribution in [0.4, 0.5) is 20.2 Å².